The number of amides is 1. The predicted molar refractivity (Wildman–Crippen MR) is 139 cm³/mol. The summed E-state index contributed by atoms with van der Waals surface area (Å²) in [7, 11) is 0. The Labute approximate surface area is 203 Å². The fourth-order valence-corrected chi connectivity index (χ4v) is 5.27. The van der Waals surface area contributed by atoms with Crippen molar-refractivity contribution in [3.63, 3.8) is 0 Å². The zero-order chi connectivity index (χ0) is 23.8. The number of allylic oxidation sites excluding steroid dienone is 2. The molecule has 1 fully saturated rings. The SMILES string of the molecule is O=C(c1cccc(NC(=O)C2C[C@H]3C=C[C@H]2C3)c1)c1ccc2c(/C=C/c3ccccc3)n[nH]c2c1. The molecule has 1 aromatic heterocycles. The Kier molecular flexibility index (Phi) is 5.38. The minimum Gasteiger partial charge on any atom is -0.326 e. The highest BCUT2D eigenvalue weighted by Gasteiger charge is 2.39. The zero-order valence-corrected chi connectivity index (χ0v) is 19.1. The Morgan fingerprint density at radius 3 is 2.54 bits per heavy atom. The minimum absolute atomic E-state index is 0.0253. The van der Waals surface area contributed by atoms with Crippen molar-refractivity contribution < 1.29 is 9.59 Å². The number of aromatic nitrogens is 2. The number of hydrogen-bond acceptors (Lipinski definition) is 3. The molecule has 0 spiro atoms. The second-order valence-electron chi connectivity index (χ2n) is 9.40. The lowest BCUT2D eigenvalue weighted by molar-refractivity contribution is -0.120. The molecule has 1 saturated carbocycles. The van der Waals surface area contributed by atoms with Crippen molar-refractivity contribution in [2.75, 3.05) is 5.32 Å². The number of carbonyl (C=O) groups is 2. The highest BCUT2D eigenvalue weighted by Crippen LogP contribution is 2.43. The van der Waals surface area contributed by atoms with Crippen LogP contribution in [0.1, 0.15) is 40.0 Å². The molecule has 1 unspecified atom stereocenters. The highest BCUT2D eigenvalue weighted by molar-refractivity contribution is 6.11. The number of aromatic amines is 1. The molecule has 2 bridgehead atoms. The number of rotatable bonds is 6. The summed E-state index contributed by atoms with van der Waals surface area (Å²) in [6.45, 7) is 0. The smallest absolute Gasteiger partial charge is 0.228 e. The Hall–Kier alpha value is -4.25. The van der Waals surface area contributed by atoms with Crippen LogP contribution >= 0.6 is 0 Å². The molecular weight excluding hydrogens is 434 g/mol. The van der Waals surface area contributed by atoms with Gasteiger partial charge in [-0.25, -0.2) is 0 Å². The molecule has 0 saturated heterocycles. The van der Waals surface area contributed by atoms with Gasteiger partial charge in [0.25, 0.3) is 0 Å². The number of benzene rings is 3. The summed E-state index contributed by atoms with van der Waals surface area (Å²) in [6.07, 6.45) is 10.4. The van der Waals surface area contributed by atoms with Gasteiger partial charge in [-0.2, -0.15) is 5.10 Å². The summed E-state index contributed by atoms with van der Waals surface area (Å²) in [5, 5.41) is 11.4. The summed E-state index contributed by atoms with van der Waals surface area (Å²) in [4.78, 5) is 26.0. The molecule has 3 aromatic carbocycles. The molecule has 4 aromatic rings. The number of anilines is 1. The number of hydrogen-bond donors (Lipinski definition) is 2. The van der Waals surface area contributed by atoms with Gasteiger partial charge in [0.15, 0.2) is 5.78 Å². The second kappa shape index (κ2) is 8.84. The van der Waals surface area contributed by atoms with Crippen molar-refractivity contribution in [2.24, 2.45) is 17.8 Å². The number of fused-ring (bicyclic) bond motifs is 3. The Morgan fingerprint density at radius 2 is 1.74 bits per heavy atom. The molecule has 35 heavy (non-hydrogen) atoms. The molecule has 2 aliphatic rings. The van der Waals surface area contributed by atoms with Gasteiger partial charge >= 0.3 is 0 Å². The molecule has 5 nitrogen and oxygen atoms in total. The lowest BCUT2D eigenvalue weighted by Gasteiger charge is -2.17. The first-order valence-corrected chi connectivity index (χ1v) is 12.0. The van der Waals surface area contributed by atoms with E-state index in [-0.39, 0.29) is 17.6 Å². The monoisotopic (exact) mass is 459 g/mol. The quantitative estimate of drug-likeness (QED) is 0.270. The summed E-state index contributed by atoms with van der Waals surface area (Å²) < 4.78 is 0. The molecule has 0 aliphatic heterocycles. The summed E-state index contributed by atoms with van der Waals surface area (Å²) in [5.74, 6) is 0.856. The zero-order valence-electron chi connectivity index (χ0n) is 19.1. The van der Waals surface area contributed by atoms with Crippen molar-refractivity contribution in [3.8, 4) is 0 Å². The molecule has 5 heteroatoms. The second-order valence-corrected chi connectivity index (χ2v) is 9.40. The lowest BCUT2D eigenvalue weighted by Crippen LogP contribution is -2.26. The van der Waals surface area contributed by atoms with Gasteiger partial charge in [0.1, 0.15) is 0 Å². The normalized spacial score (nSPS) is 20.6. The molecule has 3 atom stereocenters. The van der Waals surface area contributed by atoms with Crippen LogP contribution in [0.15, 0.2) is 84.9 Å². The van der Waals surface area contributed by atoms with E-state index in [1.807, 2.05) is 72.8 Å². The van der Waals surface area contributed by atoms with E-state index in [0.717, 1.165) is 35.0 Å². The van der Waals surface area contributed by atoms with Gasteiger partial charge in [-0.3, -0.25) is 14.7 Å². The average molecular weight is 460 g/mol. The Balaban J connectivity index is 1.19. The molecule has 172 valence electrons. The van der Waals surface area contributed by atoms with Crippen molar-refractivity contribution in [1.29, 1.82) is 0 Å². The third-order valence-corrected chi connectivity index (χ3v) is 7.10. The van der Waals surface area contributed by atoms with Gasteiger partial charge < -0.3 is 5.32 Å². The minimum atomic E-state index is -0.0955. The Morgan fingerprint density at radius 1 is 0.886 bits per heavy atom. The van der Waals surface area contributed by atoms with E-state index in [9.17, 15) is 9.59 Å². The van der Waals surface area contributed by atoms with Crippen LogP contribution in [0.3, 0.4) is 0 Å². The van der Waals surface area contributed by atoms with Crippen LogP contribution in [0, 0.1) is 17.8 Å². The van der Waals surface area contributed by atoms with E-state index in [4.69, 9.17) is 0 Å². The summed E-state index contributed by atoms with van der Waals surface area (Å²) >= 11 is 0. The van der Waals surface area contributed by atoms with E-state index in [1.54, 1.807) is 12.1 Å². The van der Waals surface area contributed by atoms with E-state index < -0.39 is 0 Å². The third-order valence-electron chi connectivity index (χ3n) is 7.10. The van der Waals surface area contributed by atoms with Crippen LogP contribution in [0.25, 0.3) is 23.1 Å². The molecule has 1 amide bonds. The van der Waals surface area contributed by atoms with E-state index in [2.05, 4.69) is 27.7 Å². The first-order chi connectivity index (χ1) is 17.1. The third kappa shape index (κ3) is 4.21. The molecule has 1 heterocycles. The number of nitrogens with zero attached hydrogens (tertiary/aromatic N) is 1. The first-order valence-electron chi connectivity index (χ1n) is 12.0. The number of carbonyl (C=O) groups excluding carboxylic acids is 2. The number of H-pyrrole nitrogens is 1. The predicted octanol–water partition coefficient (Wildman–Crippen LogP) is 6.12. The van der Waals surface area contributed by atoms with Gasteiger partial charge in [-0.15, -0.1) is 0 Å². The molecule has 6 rings (SSSR count). The highest BCUT2D eigenvalue weighted by atomic mass is 16.2. The maximum absolute atomic E-state index is 13.2. The molecule has 0 radical (unpaired) electrons. The van der Waals surface area contributed by atoms with Crippen LogP contribution in [-0.4, -0.2) is 21.9 Å². The van der Waals surface area contributed by atoms with Crippen molar-refractivity contribution in [2.45, 2.75) is 12.8 Å². The number of nitrogens with one attached hydrogen (secondary N) is 2. The fraction of sp³-hybridized carbons (Fsp3) is 0.167. The van der Waals surface area contributed by atoms with Crippen LogP contribution < -0.4 is 5.32 Å². The topological polar surface area (TPSA) is 74.8 Å². The van der Waals surface area contributed by atoms with Gasteiger partial charge in [0, 0.05) is 28.1 Å². The van der Waals surface area contributed by atoms with E-state index in [1.165, 1.54) is 0 Å². The van der Waals surface area contributed by atoms with Gasteiger partial charge in [-0.05, 0) is 60.6 Å². The van der Waals surface area contributed by atoms with E-state index in [0.29, 0.717) is 28.7 Å². The fourth-order valence-electron chi connectivity index (χ4n) is 5.27. The number of ketones is 1. The largest absolute Gasteiger partial charge is 0.326 e. The lowest BCUT2D eigenvalue weighted by atomic mass is 9.92. The maximum Gasteiger partial charge on any atom is 0.228 e. The van der Waals surface area contributed by atoms with Gasteiger partial charge in [0.2, 0.25) is 5.91 Å². The summed E-state index contributed by atoms with van der Waals surface area (Å²) in [5.41, 5.74) is 4.49. The van der Waals surface area contributed by atoms with Crippen LogP contribution in [0.2, 0.25) is 0 Å². The standard InChI is InChI=1S/C30H25N3O2/c34-29(22-7-4-8-24(17-22)31-30(35)26-16-20-9-11-21(26)15-20)23-12-13-25-27(32-33-28(25)18-23)14-10-19-5-2-1-3-6-19/h1-14,17-18,20-21,26H,15-16H2,(H,31,35)(H,32,33)/b14-10+/t20-,21-,26?/m0/s1. The van der Waals surface area contributed by atoms with Crippen molar-refractivity contribution >= 4 is 40.4 Å². The van der Waals surface area contributed by atoms with Crippen LogP contribution in [0.5, 0.6) is 0 Å². The van der Waals surface area contributed by atoms with Crippen molar-refractivity contribution in [3.05, 3.63) is 107 Å². The van der Waals surface area contributed by atoms with Crippen molar-refractivity contribution in [1.82, 2.24) is 10.2 Å². The maximum atomic E-state index is 13.2. The molecule has 2 N–H and O–H groups in total. The molecule has 2 aliphatic carbocycles. The van der Waals surface area contributed by atoms with Crippen LogP contribution in [0.4, 0.5) is 5.69 Å². The first kappa shape index (κ1) is 21.3. The van der Waals surface area contributed by atoms with Gasteiger partial charge in [0.05, 0.1) is 11.2 Å². The average Bonchev–Trinajstić information content (AvgIpc) is 3.63. The van der Waals surface area contributed by atoms with Gasteiger partial charge in [-0.1, -0.05) is 66.8 Å². The van der Waals surface area contributed by atoms with Crippen LogP contribution in [-0.2, 0) is 4.79 Å². The van der Waals surface area contributed by atoms with E-state index >= 15 is 0 Å². The molecular formula is C30H25N3O2. The summed E-state index contributed by atoms with van der Waals surface area (Å²) in [6, 6.07) is 22.8. The Bertz CT molecular complexity index is 1480.